The quantitative estimate of drug-likeness (QED) is 0.730. The van der Waals surface area contributed by atoms with Gasteiger partial charge in [0, 0.05) is 12.6 Å². The summed E-state index contributed by atoms with van der Waals surface area (Å²) >= 11 is 0. The molecule has 1 spiro atoms. The number of ether oxygens (including phenoxy) is 1. The molecule has 0 aliphatic carbocycles. The Morgan fingerprint density at radius 3 is 2.43 bits per heavy atom. The largest absolute Gasteiger partial charge is 0.444 e. The number of amides is 3. The standard InChI is InChI=1S/C14H23N3O4/c1-8-5-14(11(19)16-8)6-9(10(15)18)17(7-14)12(20)21-13(2,3)4/h8-9H,5-7H2,1-4H3,(H2,15,18)(H,16,19)/t8?,9-,14-/m0/s1. The first-order chi connectivity index (χ1) is 9.54. The van der Waals surface area contributed by atoms with Gasteiger partial charge in [-0.05, 0) is 40.5 Å². The number of likely N-dealkylation sites (tertiary alicyclic amines) is 1. The third kappa shape index (κ3) is 2.96. The number of hydrogen-bond donors (Lipinski definition) is 2. The highest BCUT2D eigenvalue weighted by atomic mass is 16.6. The molecule has 0 bridgehead atoms. The second-order valence-corrected chi connectivity index (χ2v) is 7.09. The van der Waals surface area contributed by atoms with Gasteiger partial charge in [-0.1, -0.05) is 0 Å². The SMILES string of the molecule is CC1C[C@@]2(C[C@@H](C(N)=O)N(C(=O)OC(C)(C)C)C2)C(=O)N1. The van der Waals surface area contributed by atoms with Gasteiger partial charge >= 0.3 is 6.09 Å². The summed E-state index contributed by atoms with van der Waals surface area (Å²) in [7, 11) is 0. The average Bonchev–Trinajstić information content (AvgIpc) is 2.79. The molecule has 118 valence electrons. The van der Waals surface area contributed by atoms with Gasteiger partial charge in [0.15, 0.2) is 0 Å². The number of hydrogen-bond acceptors (Lipinski definition) is 4. The van der Waals surface area contributed by atoms with E-state index in [9.17, 15) is 14.4 Å². The van der Waals surface area contributed by atoms with Crippen molar-refractivity contribution < 1.29 is 19.1 Å². The summed E-state index contributed by atoms with van der Waals surface area (Å²) in [6.07, 6.45) is 0.252. The fourth-order valence-electron chi connectivity index (χ4n) is 3.17. The monoisotopic (exact) mass is 297 g/mol. The Bertz CT molecular complexity index is 485. The molecule has 2 fully saturated rings. The van der Waals surface area contributed by atoms with Crippen molar-refractivity contribution in [3.63, 3.8) is 0 Å². The number of nitrogens with two attached hydrogens (primary N) is 1. The Hall–Kier alpha value is -1.79. The van der Waals surface area contributed by atoms with Gasteiger partial charge in [0.25, 0.3) is 0 Å². The van der Waals surface area contributed by atoms with Crippen LogP contribution >= 0.6 is 0 Å². The minimum atomic E-state index is -0.795. The van der Waals surface area contributed by atoms with Crippen LogP contribution in [0.4, 0.5) is 4.79 Å². The van der Waals surface area contributed by atoms with Crippen molar-refractivity contribution in [2.24, 2.45) is 11.1 Å². The zero-order chi connectivity index (χ0) is 16.0. The Kier molecular flexibility index (Phi) is 3.63. The third-order valence-electron chi connectivity index (χ3n) is 3.95. The van der Waals surface area contributed by atoms with Crippen LogP contribution in [0.3, 0.4) is 0 Å². The number of rotatable bonds is 1. The van der Waals surface area contributed by atoms with Crippen LogP contribution in [-0.2, 0) is 14.3 Å². The maximum Gasteiger partial charge on any atom is 0.411 e. The van der Waals surface area contributed by atoms with Gasteiger partial charge in [-0.2, -0.15) is 0 Å². The second kappa shape index (κ2) is 4.89. The number of nitrogens with zero attached hydrogens (tertiary/aromatic N) is 1. The van der Waals surface area contributed by atoms with E-state index in [0.29, 0.717) is 6.42 Å². The zero-order valence-corrected chi connectivity index (χ0v) is 12.9. The molecule has 3 amide bonds. The summed E-state index contributed by atoms with van der Waals surface area (Å²) in [5.41, 5.74) is 4.01. The van der Waals surface area contributed by atoms with Gasteiger partial charge in [-0.3, -0.25) is 14.5 Å². The van der Waals surface area contributed by atoms with E-state index in [0.717, 1.165) is 0 Å². The molecule has 2 aliphatic rings. The van der Waals surface area contributed by atoms with Gasteiger partial charge in [0.05, 0.1) is 5.41 Å². The van der Waals surface area contributed by atoms with E-state index in [2.05, 4.69) is 5.32 Å². The van der Waals surface area contributed by atoms with Crippen LogP contribution in [0.1, 0.15) is 40.5 Å². The van der Waals surface area contributed by atoms with Crippen molar-refractivity contribution in [3.8, 4) is 0 Å². The Balaban J connectivity index is 2.23. The van der Waals surface area contributed by atoms with Crippen LogP contribution in [0.5, 0.6) is 0 Å². The predicted molar refractivity (Wildman–Crippen MR) is 75.2 cm³/mol. The van der Waals surface area contributed by atoms with Crippen molar-refractivity contribution in [2.75, 3.05) is 6.54 Å². The molecule has 2 saturated heterocycles. The number of carbonyl (C=O) groups is 3. The van der Waals surface area contributed by atoms with Crippen molar-refractivity contribution in [2.45, 2.75) is 58.2 Å². The smallest absolute Gasteiger partial charge is 0.411 e. The Labute approximate surface area is 124 Å². The van der Waals surface area contributed by atoms with Crippen LogP contribution in [0, 0.1) is 5.41 Å². The highest BCUT2D eigenvalue weighted by molar-refractivity contribution is 5.91. The van der Waals surface area contributed by atoms with Crippen LogP contribution < -0.4 is 11.1 Å². The average molecular weight is 297 g/mol. The van der Waals surface area contributed by atoms with E-state index in [-0.39, 0.29) is 24.9 Å². The van der Waals surface area contributed by atoms with Crippen molar-refractivity contribution in [1.82, 2.24) is 10.2 Å². The van der Waals surface area contributed by atoms with Gasteiger partial charge in [-0.15, -0.1) is 0 Å². The molecule has 0 aromatic rings. The van der Waals surface area contributed by atoms with E-state index in [1.807, 2.05) is 6.92 Å². The van der Waals surface area contributed by atoms with Crippen molar-refractivity contribution >= 4 is 17.9 Å². The summed E-state index contributed by atoms with van der Waals surface area (Å²) in [6.45, 7) is 7.33. The summed E-state index contributed by atoms with van der Waals surface area (Å²) in [5, 5.41) is 2.85. The Morgan fingerprint density at radius 1 is 1.38 bits per heavy atom. The molecular formula is C14H23N3O4. The molecule has 2 heterocycles. The molecule has 3 N–H and O–H groups in total. The molecule has 0 radical (unpaired) electrons. The lowest BCUT2D eigenvalue weighted by molar-refractivity contribution is -0.127. The van der Waals surface area contributed by atoms with E-state index in [4.69, 9.17) is 10.5 Å². The van der Waals surface area contributed by atoms with Crippen molar-refractivity contribution in [3.05, 3.63) is 0 Å². The minimum Gasteiger partial charge on any atom is -0.444 e. The lowest BCUT2D eigenvalue weighted by Crippen LogP contribution is -2.46. The molecule has 2 rings (SSSR count). The molecule has 1 unspecified atom stereocenters. The van der Waals surface area contributed by atoms with E-state index < -0.39 is 29.1 Å². The van der Waals surface area contributed by atoms with Crippen LogP contribution in [0.15, 0.2) is 0 Å². The van der Waals surface area contributed by atoms with Crippen LogP contribution in [-0.4, -0.2) is 47.0 Å². The van der Waals surface area contributed by atoms with Gasteiger partial charge in [0.1, 0.15) is 11.6 Å². The molecule has 7 heteroatoms. The predicted octanol–water partition coefficient (Wildman–Crippen LogP) is 0.376. The number of primary amides is 1. The molecule has 7 nitrogen and oxygen atoms in total. The highest BCUT2D eigenvalue weighted by Crippen LogP contribution is 2.42. The molecule has 0 aromatic heterocycles. The van der Waals surface area contributed by atoms with E-state index >= 15 is 0 Å². The normalized spacial score (nSPS) is 32.4. The molecular weight excluding hydrogens is 274 g/mol. The molecule has 3 atom stereocenters. The first-order valence-corrected chi connectivity index (χ1v) is 7.14. The molecule has 21 heavy (non-hydrogen) atoms. The maximum atomic E-state index is 12.3. The van der Waals surface area contributed by atoms with Crippen LogP contribution in [0.25, 0.3) is 0 Å². The minimum absolute atomic E-state index is 0.0320. The number of carbonyl (C=O) groups excluding carboxylic acids is 3. The first kappa shape index (κ1) is 15.6. The first-order valence-electron chi connectivity index (χ1n) is 7.14. The lowest BCUT2D eigenvalue weighted by Gasteiger charge is -2.27. The molecule has 2 aliphatic heterocycles. The maximum absolute atomic E-state index is 12.3. The van der Waals surface area contributed by atoms with Crippen molar-refractivity contribution in [1.29, 1.82) is 0 Å². The summed E-state index contributed by atoms with van der Waals surface area (Å²) in [4.78, 5) is 37.4. The zero-order valence-electron chi connectivity index (χ0n) is 12.9. The molecule has 0 aromatic carbocycles. The second-order valence-electron chi connectivity index (χ2n) is 7.09. The Morgan fingerprint density at radius 2 is 2.00 bits per heavy atom. The summed E-state index contributed by atoms with van der Waals surface area (Å²) in [5.74, 6) is -0.725. The fraction of sp³-hybridized carbons (Fsp3) is 0.786. The topological polar surface area (TPSA) is 102 Å². The fourth-order valence-corrected chi connectivity index (χ4v) is 3.17. The van der Waals surface area contributed by atoms with Gasteiger partial charge in [0.2, 0.25) is 11.8 Å². The highest BCUT2D eigenvalue weighted by Gasteiger charge is 2.56. The van der Waals surface area contributed by atoms with E-state index in [1.54, 1.807) is 20.8 Å². The third-order valence-corrected chi connectivity index (χ3v) is 3.95. The lowest BCUT2D eigenvalue weighted by atomic mass is 9.82. The molecule has 0 saturated carbocycles. The van der Waals surface area contributed by atoms with E-state index in [1.165, 1.54) is 4.90 Å². The summed E-state index contributed by atoms with van der Waals surface area (Å²) < 4.78 is 5.31. The summed E-state index contributed by atoms with van der Waals surface area (Å²) in [6, 6.07) is -0.763. The van der Waals surface area contributed by atoms with Crippen LogP contribution in [0.2, 0.25) is 0 Å². The van der Waals surface area contributed by atoms with Gasteiger partial charge < -0.3 is 15.8 Å². The number of nitrogens with one attached hydrogen (secondary N) is 1. The van der Waals surface area contributed by atoms with Gasteiger partial charge in [-0.25, -0.2) is 4.79 Å².